The lowest BCUT2D eigenvalue weighted by molar-refractivity contribution is -0.120. The number of aryl methyl sites for hydroxylation is 1. The molecule has 0 bridgehead atoms. The second-order valence-corrected chi connectivity index (χ2v) is 8.94. The van der Waals surface area contributed by atoms with Crippen molar-refractivity contribution < 1.29 is 14.6 Å². The van der Waals surface area contributed by atoms with E-state index in [1.54, 1.807) is 0 Å². The summed E-state index contributed by atoms with van der Waals surface area (Å²) in [6, 6.07) is 4.12. The highest BCUT2D eigenvalue weighted by Crippen LogP contribution is 2.39. The maximum Gasteiger partial charge on any atom is 0.135 e. The summed E-state index contributed by atoms with van der Waals surface area (Å²) in [5, 5.41) is 10.7. The first-order chi connectivity index (χ1) is 11.5. The summed E-state index contributed by atoms with van der Waals surface area (Å²) in [7, 11) is 0. The number of aromatic hydroxyl groups is 1. The third-order valence-corrected chi connectivity index (χ3v) is 4.35. The van der Waals surface area contributed by atoms with E-state index in [1.807, 2.05) is 0 Å². The topological polar surface area (TPSA) is 46.5 Å². The van der Waals surface area contributed by atoms with E-state index in [2.05, 4.69) is 60.6 Å². The SMILES string of the molecule is CCCOCCC(=O)CCc1cc(C(C)(C)C)c(O)c(C(C)(C)C)c1. The zero-order valence-corrected chi connectivity index (χ0v) is 17.2. The molecule has 0 aliphatic heterocycles. The fraction of sp³-hybridized carbons (Fsp3) is 0.682. The van der Waals surface area contributed by atoms with Crippen molar-refractivity contribution in [3.8, 4) is 5.75 Å². The van der Waals surface area contributed by atoms with Gasteiger partial charge in [-0.05, 0) is 40.4 Å². The van der Waals surface area contributed by atoms with Crippen LogP contribution in [0.4, 0.5) is 0 Å². The molecular weight excluding hydrogens is 312 g/mol. The number of Topliss-reactive ketones (excluding diaryl/α,β-unsaturated/α-hetero) is 1. The van der Waals surface area contributed by atoms with E-state index >= 15 is 0 Å². The van der Waals surface area contributed by atoms with Crippen LogP contribution in [-0.4, -0.2) is 24.1 Å². The summed E-state index contributed by atoms with van der Waals surface area (Å²) in [6.45, 7) is 15.9. The molecule has 3 nitrogen and oxygen atoms in total. The molecule has 0 saturated carbocycles. The number of phenols is 1. The molecule has 0 spiro atoms. The minimum absolute atomic E-state index is 0.141. The van der Waals surface area contributed by atoms with Gasteiger partial charge in [-0.15, -0.1) is 0 Å². The first kappa shape index (κ1) is 21.7. The summed E-state index contributed by atoms with van der Waals surface area (Å²) < 4.78 is 5.39. The molecule has 0 atom stereocenters. The monoisotopic (exact) mass is 348 g/mol. The normalized spacial score (nSPS) is 12.4. The van der Waals surface area contributed by atoms with Crippen LogP contribution in [0.2, 0.25) is 0 Å². The smallest absolute Gasteiger partial charge is 0.135 e. The molecule has 1 N–H and O–H groups in total. The number of hydrogen-bond donors (Lipinski definition) is 1. The molecule has 1 aromatic carbocycles. The lowest BCUT2D eigenvalue weighted by Gasteiger charge is -2.28. The van der Waals surface area contributed by atoms with Gasteiger partial charge in [0.15, 0.2) is 0 Å². The van der Waals surface area contributed by atoms with E-state index < -0.39 is 0 Å². The van der Waals surface area contributed by atoms with Crippen LogP contribution < -0.4 is 0 Å². The molecule has 0 fully saturated rings. The Balaban J connectivity index is 2.91. The summed E-state index contributed by atoms with van der Waals surface area (Å²) in [5.41, 5.74) is 2.74. The fourth-order valence-corrected chi connectivity index (χ4v) is 2.82. The predicted octanol–water partition coefficient (Wildman–Crippen LogP) is 5.31. The summed E-state index contributed by atoms with van der Waals surface area (Å²) in [6.07, 6.45) is 2.69. The second-order valence-electron chi connectivity index (χ2n) is 8.94. The van der Waals surface area contributed by atoms with Crippen molar-refractivity contribution in [3.63, 3.8) is 0 Å². The van der Waals surface area contributed by atoms with Crippen LogP contribution in [0.25, 0.3) is 0 Å². The summed E-state index contributed by atoms with van der Waals surface area (Å²) in [5.74, 6) is 0.627. The van der Waals surface area contributed by atoms with E-state index in [-0.39, 0.29) is 16.6 Å². The largest absolute Gasteiger partial charge is 0.507 e. The Labute approximate surface area is 153 Å². The molecule has 0 heterocycles. The quantitative estimate of drug-likeness (QED) is 0.648. The maximum atomic E-state index is 12.1. The van der Waals surface area contributed by atoms with E-state index in [1.165, 1.54) is 0 Å². The first-order valence-electron chi connectivity index (χ1n) is 9.43. The zero-order chi connectivity index (χ0) is 19.3. The van der Waals surface area contributed by atoms with Gasteiger partial charge in [0.05, 0.1) is 6.61 Å². The van der Waals surface area contributed by atoms with Crippen LogP contribution in [0.15, 0.2) is 12.1 Å². The van der Waals surface area contributed by atoms with Gasteiger partial charge in [-0.25, -0.2) is 0 Å². The van der Waals surface area contributed by atoms with Crippen molar-refractivity contribution >= 4 is 5.78 Å². The molecule has 0 unspecified atom stereocenters. The number of ketones is 1. The van der Waals surface area contributed by atoms with Gasteiger partial charge >= 0.3 is 0 Å². The van der Waals surface area contributed by atoms with Crippen LogP contribution in [0.3, 0.4) is 0 Å². The van der Waals surface area contributed by atoms with Crippen molar-refractivity contribution in [3.05, 3.63) is 28.8 Å². The van der Waals surface area contributed by atoms with Gasteiger partial charge in [0.1, 0.15) is 11.5 Å². The van der Waals surface area contributed by atoms with E-state index in [4.69, 9.17) is 4.74 Å². The number of rotatable bonds is 8. The van der Waals surface area contributed by atoms with Crippen molar-refractivity contribution in [2.75, 3.05) is 13.2 Å². The Bertz CT molecular complexity index is 539. The van der Waals surface area contributed by atoms with Crippen LogP contribution in [0.1, 0.15) is 84.4 Å². The number of ether oxygens (including phenoxy) is 1. The van der Waals surface area contributed by atoms with E-state index in [0.717, 1.165) is 29.7 Å². The Morgan fingerprint density at radius 1 is 0.960 bits per heavy atom. The average molecular weight is 349 g/mol. The molecule has 142 valence electrons. The lowest BCUT2D eigenvalue weighted by Crippen LogP contribution is -2.18. The van der Waals surface area contributed by atoms with Gasteiger partial charge in [0.2, 0.25) is 0 Å². The molecule has 1 aromatic rings. The highest BCUT2D eigenvalue weighted by atomic mass is 16.5. The molecule has 1 rings (SSSR count). The third kappa shape index (κ3) is 6.81. The fourth-order valence-electron chi connectivity index (χ4n) is 2.82. The molecule has 25 heavy (non-hydrogen) atoms. The molecule has 3 heteroatoms. The van der Waals surface area contributed by atoms with Crippen molar-refractivity contribution in [2.45, 2.75) is 85.0 Å². The Hall–Kier alpha value is -1.35. The molecule has 0 saturated heterocycles. The standard InChI is InChI=1S/C22H36O3/c1-8-12-25-13-11-17(23)10-9-16-14-18(21(2,3)4)20(24)19(15-16)22(5,6)7/h14-15,24H,8-13H2,1-7H3. The van der Waals surface area contributed by atoms with Gasteiger partial charge in [-0.3, -0.25) is 4.79 Å². The van der Waals surface area contributed by atoms with Crippen LogP contribution in [0.5, 0.6) is 5.75 Å². The Morgan fingerprint density at radius 3 is 1.92 bits per heavy atom. The second kappa shape index (κ2) is 8.84. The molecule has 0 amide bonds. The Morgan fingerprint density at radius 2 is 1.48 bits per heavy atom. The van der Waals surface area contributed by atoms with Gasteiger partial charge in [-0.2, -0.15) is 0 Å². The predicted molar refractivity (Wildman–Crippen MR) is 105 cm³/mol. The summed E-state index contributed by atoms with van der Waals surface area (Å²) in [4.78, 5) is 12.1. The average Bonchev–Trinajstić information content (AvgIpc) is 2.48. The van der Waals surface area contributed by atoms with E-state index in [0.29, 0.717) is 31.6 Å². The number of hydrogen-bond acceptors (Lipinski definition) is 3. The summed E-state index contributed by atoms with van der Waals surface area (Å²) >= 11 is 0. The van der Waals surface area contributed by atoms with Crippen LogP contribution >= 0.6 is 0 Å². The van der Waals surface area contributed by atoms with Gasteiger partial charge in [0, 0.05) is 19.4 Å². The highest BCUT2D eigenvalue weighted by molar-refractivity contribution is 5.78. The third-order valence-electron chi connectivity index (χ3n) is 4.35. The number of phenolic OH excluding ortho intramolecular Hbond substituents is 1. The molecule has 0 radical (unpaired) electrons. The minimum Gasteiger partial charge on any atom is -0.507 e. The molecular formula is C22H36O3. The van der Waals surface area contributed by atoms with Crippen molar-refractivity contribution in [2.24, 2.45) is 0 Å². The van der Waals surface area contributed by atoms with Gasteiger partial charge in [-0.1, -0.05) is 60.6 Å². The zero-order valence-electron chi connectivity index (χ0n) is 17.2. The van der Waals surface area contributed by atoms with Crippen molar-refractivity contribution in [1.82, 2.24) is 0 Å². The van der Waals surface area contributed by atoms with E-state index in [9.17, 15) is 9.90 Å². The molecule has 0 aromatic heterocycles. The van der Waals surface area contributed by atoms with Crippen LogP contribution in [-0.2, 0) is 26.8 Å². The minimum atomic E-state index is -0.141. The number of carbonyl (C=O) groups is 1. The van der Waals surface area contributed by atoms with Gasteiger partial charge in [0.25, 0.3) is 0 Å². The number of carbonyl (C=O) groups excluding carboxylic acids is 1. The van der Waals surface area contributed by atoms with Gasteiger partial charge < -0.3 is 9.84 Å². The Kier molecular flexibility index (Phi) is 7.67. The molecule has 0 aliphatic carbocycles. The van der Waals surface area contributed by atoms with Crippen molar-refractivity contribution in [1.29, 1.82) is 0 Å². The maximum absolute atomic E-state index is 12.1. The first-order valence-corrected chi connectivity index (χ1v) is 9.43. The number of benzene rings is 1. The highest BCUT2D eigenvalue weighted by Gasteiger charge is 2.26. The van der Waals surface area contributed by atoms with Crippen LogP contribution in [0, 0.1) is 0 Å². The lowest BCUT2D eigenvalue weighted by atomic mass is 9.78. The molecule has 0 aliphatic rings.